The summed E-state index contributed by atoms with van der Waals surface area (Å²) >= 11 is 0. The van der Waals surface area contributed by atoms with Crippen LogP contribution in [-0.2, 0) is 21.7 Å². The van der Waals surface area contributed by atoms with Crippen molar-refractivity contribution in [3.8, 4) is 0 Å². The molecule has 0 spiro atoms. The molecule has 0 amide bonds. The zero-order valence-electron chi connectivity index (χ0n) is 12.6. The van der Waals surface area contributed by atoms with E-state index in [2.05, 4.69) is 65.8 Å². The summed E-state index contributed by atoms with van der Waals surface area (Å²) in [5, 5.41) is 0. The molecule has 2 unspecified atom stereocenters. The van der Waals surface area contributed by atoms with Crippen LogP contribution in [0.3, 0.4) is 0 Å². The van der Waals surface area contributed by atoms with Crippen LogP contribution in [0.2, 0.25) is 0 Å². The summed E-state index contributed by atoms with van der Waals surface area (Å²) in [6.07, 6.45) is 11.0. The Morgan fingerprint density at radius 1 is 0.947 bits per heavy atom. The first-order valence-corrected chi connectivity index (χ1v) is 5.97. The van der Waals surface area contributed by atoms with Crippen LogP contribution in [0, 0.1) is 24.0 Å². The van der Waals surface area contributed by atoms with E-state index in [-0.39, 0.29) is 46.5 Å². The van der Waals surface area contributed by atoms with Crippen molar-refractivity contribution < 1.29 is 46.5 Å². The Bertz CT molecular complexity index is 372. The maximum atomic E-state index is 3.29. The molecule has 3 heteroatoms. The van der Waals surface area contributed by atoms with Crippen molar-refractivity contribution in [3.63, 3.8) is 0 Å². The summed E-state index contributed by atoms with van der Waals surface area (Å²) in [5.41, 5.74) is 5.42. The second-order valence-corrected chi connectivity index (χ2v) is 4.85. The first kappa shape index (κ1) is 24.3. The van der Waals surface area contributed by atoms with Gasteiger partial charge in [0.25, 0.3) is 0 Å². The molecule has 0 bridgehead atoms. The Labute approximate surface area is 146 Å². The summed E-state index contributed by atoms with van der Waals surface area (Å²) in [5.74, 6) is 1.12. The Hall–Kier alpha value is 0.254. The van der Waals surface area contributed by atoms with Crippen molar-refractivity contribution >= 4 is 0 Å². The topological polar surface area (TPSA) is 0 Å². The van der Waals surface area contributed by atoms with E-state index < -0.39 is 0 Å². The van der Waals surface area contributed by atoms with Gasteiger partial charge >= 0.3 is 21.7 Å². The fourth-order valence-electron chi connectivity index (χ4n) is 1.96. The minimum atomic E-state index is 0. The van der Waals surface area contributed by atoms with Crippen LogP contribution in [-0.4, -0.2) is 0 Å². The fraction of sp³-hybridized carbons (Fsp3) is 0.500. The van der Waals surface area contributed by atoms with E-state index in [1.54, 1.807) is 0 Å². The second kappa shape index (κ2) is 11.0. The smallest absolute Gasteiger partial charge is 1.00 e. The Balaban J connectivity index is -0.000000233. The van der Waals surface area contributed by atoms with Gasteiger partial charge in [-0.05, 0) is 0 Å². The molecule has 0 aromatic carbocycles. The van der Waals surface area contributed by atoms with Crippen LogP contribution in [0.4, 0.5) is 0 Å². The molecule has 2 aliphatic rings. The average molecular weight is 333 g/mol. The molecule has 0 N–H and O–H groups in total. The van der Waals surface area contributed by atoms with Gasteiger partial charge in [0.05, 0.1) is 0 Å². The third kappa shape index (κ3) is 8.20. The fourth-order valence-corrected chi connectivity index (χ4v) is 1.96. The minimum Gasteiger partial charge on any atom is -1.00 e. The molecule has 2 rings (SSSR count). The van der Waals surface area contributed by atoms with Crippen molar-refractivity contribution in [2.24, 2.45) is 11.8 Å². The molecule has 104 valence electrons. The number of allylic oxidation sites excluding steroid dienone is 8. The molecule has 0 saturated heterocycles. The molecule has 2 atom stereocenters. The normalized spacial score (nSPS) is 23.3. The summed E-state index contributed by atoms with van der Waals surface area (Å²) in [6.45, 7) is 12.8. The van der Waals surface area contributed by atoms with Crippen molar-refractivity contribution in [2.45, 2.75) is 41.5 Å². The van der Waals surface area contributed by atoms with Gasteiger partial charge in [0, 0.05) is 0 Å². The molecule has 0 aromatic rings. The van der Waals surface area contributed by atoms with Gasteiger partial charge in [-0.15, -0.1) is 6.92 Å². The number of rotatable bonds is 0. The zero-order chi connectivity index (χ0) is 12.3. The first-order chi connectivity index (χ1) is 7.40. The SMILES string of the molecule is CC1=[C-]C(C)C(C)=C1.CC1=[C-]C(C)C=C1C.[Cl-].[Cl-].[Ti+4]. The quantitative estimate of drug-likeness (QED) is 0.381. The molecular weight excluding hydrogens is 311 g/mol. The molecule has 0 aliphatic heterocycles. The van der Waals surface area contributed by atoms with E-state index in [0.717, 1.165) is 0 Å². The largest absolute Gasteiger partial charge is 4.00 e. The van der Waals surface area contributed by atoms with Gasteiger partial charge in [-0.2, -0.15) is 11.6 Å². The third-order valence-electron chi connectivity index (χ3n) is 3.11. The van der Waals surface area contributed by atoms with E-state index in [1.807, 2.05) is 0 Å². The van der Waals surface area contributed by atoms with Crippen molar-refractivity contribution in [2.75, 3.05) is 0 Å². The van der Waals surface area contributed by atoms with Crippen molar-refractivity contribution in [1.29, 1.82) is 0 Å². The van der Waals surface area contributed by atoms with Crippen LogP contribution in [0.5, 0.6) is 0 Å². The molecule has 0 fully saturated rings. The van der Waals surface area contributed by atoms with Gasteiger partial charge in [0.2, 0.25) is 0 Å². The monoisotopic (exact) mass is 332 g/mol. The maximum Gasteiger partial charge on any atom is 4.00 e. The molecule has 2 aliphatic carbocycles. The number of hydrogen-bond donors (Lipinski definition) is 0. The summed E-state index contributed by atoms with van der Waals surface area (Å²) in [6, 6.07) is 0. The van der Waals surface area contributed by atoms with Crippen LogP contribution < -0.4 is 24.8 Å². The van der Waals surface area contributed by atoms with Crippen LogP contribution in [0.1, 0.15) is 41.5 Å². The van der Waals surface area contributed by atoms with Gasteiger partial charge in [-0.3, -0.25) is 12.2 Å². The Morgan fingerprint density at radius 2 is 1.47 bits per heavy atom. The zero-order valence-corrected chi connectivity index (χ0v) is 15.6. The summed E-state index contributed by atoms with van der Waals surface area (Å²) in [7, 11) is 0. The van der Waals surface area contributed by atoms with Gasteiger partial charge < -0.3 is 24.8 Å². The molecule has 0 aromatic heterocycles. The third-order valence-corrected chi connectivity index (χ3v) is 3.11. The molecule has 19 heavy (non-hydrogen) atoms. The predicted octanol–water partition coefficient (Wildman–Crippen LogP) is -1.33. The van der Waals surface area contributed by atoms with E-state index >= 15 is 0 Å². The standard InChI is InChI=1S/2C8H11.2ClH.Ti/c2*1-6-4-7(2)8(3)5-6;;;/h4,8H,1-3H3;4,6H,1-3H3;2*1H;/q2*-1;;;+4/p-2. The van der Waals surface area contributed by atoms with E-state index in [4.69, 9.17) is 0 Å². The summed E-state index contributed by atoms with van der Waals surface area (Å²) in [4.78, 5) is 0. The molecular formula is C16H22Cl2Ti. The molecule has 0 saturated carbocycles. The summed E-state index contributed by atoms with van der Waals surface area (Å²) < 4.78 is 0. The molecule has 0 nitrogen and oxygen atoms in total. The predicted molar refractivity (Wildman–Crippen MR) is 70.7 cm³/mol. The van der Waals surface area contributed by atoms with E-state index in [0.29, 0.717) is 11.8 Å². The van der Waals surface area contributed by atoms with E-state index in [9.17, 15) is 0 Å². The first-order valence-electron chi connectivity index (χ1n) is 5.97. The van der Waals surface area contributed by atoms with Gasteiger partial charge in [-0.1, -0.05) is 46.5 Å². The van der Waals surface area contributed by atoms with Crippen molar-refractivity contribution in [1.82, 2.24) is 0 Å². The minimum absolute atomic E-state index is 0. The molecule has 0 radical (unpaired) electrons. The Morgan fingerprint density at radius 3 is 1.58 bits per heavy atom. The molecule has 0 heterocycles. The van der Waals surface area contributed by atoms with Gasteiger partial charge in [0.15, 0.2) is 0 Å². The second-order valence-electron chi connectivity index (χ2n) is 4.85. The number of halogens is 2. The van der Waals surface area contributed by atoms with Crippen LogP contribution >= 0.6 is 0 Å². The van der Waals surface area contributed by atoms with Crippen LogP contribution in [0.25, 0.3) is 0 Å². The van der Waals surface area contributed by atoms with Gasteiger partial charge in [-0.25, -0.2) is 22.8 Å². The Kier molecular flexibility index (Phi) is 14.0. The van der Waals surface area contributed by atoms with E-state index in [1.165, 1.54) is 22.3 Å². The van der Waals surface area contributed by atoms with Crippen LogP contribution in [0.15, 0.2) is 34.4 Å². The maximum absolute atomic E-state index is 3.29. The van der Waals surface area contributed by atoms with Crippen molar-refractivity contribution in [3.05, 3.63) is 46.6 Å². The average Bonchev–Trinajstić information content (AvgIpc) is 2.58. The number of hydrogen-bond acceptors (Lipinski definition) is 0. The van der Waals surface area contributed by atoms with Gasteiger partial charge in [0.1, 0.15) is 0 Å².